The highest BCUT2D eigenvalue weighted by Gasteiger charge is 2.37. The summed E-state index contributed by atoms with van der Waals surface area (Å²) in [5.41, 5.74) is 4.03. The SMILES string of the molecule is CCNn1[nH]n(N(CC)CC)cc(N2C(=O)c3ccccc3C2=O)s1. The number of rotatable bonds is 6. The Morgan fingerprint density at radius 3 is 2.20 bits per heavy atom. The van der Waals surface area contributed by atoms with E-state index in [1.165, 1.54) is 16.4 Å². The number of fused-ring (bicyclic) bond motifs is 1. The van der Waals surface area contributed by atoms with Gasteiger partial charge in [0.05, 0.1) is 17.3 Å². The van der Waals surface area contributed by atoms with Gasteiger partial charge in [0.2, 0.25) is 0 Å². The van der Waals surface area contributed by atoms with Crippen LogP contribution in [-0.2, 0) is 0 Å². The second kappa shape index (κ2) is 7.06. The third-order valence-corrected chi connectivity index (χ3v) is 4.83. The Morgan fingerprint density at radius 2 is 1.68 bits per heavy atom. The van der Waals surface area contributed by atoms with Gasteiger partial charge in [0.25, 0.3) is 11.8 Å². The number of hydrogen-bond acceptors (Lipinski definition) is 5. The predicted molar refractivity (Wildman–Crippen MR) is 99.1 cm³/mol. The van der Waals surface area contributed by atoms with Crippen molar-refractivity contribution in [3.8, 4) is 0 Å². The Hall–Kier alpha value is -2.68. The van der Waals surface area contributed by atoms with Crippen molar-refractivity contribution in [3.63, 3.8) is 0 Å². The molecule has 0 unspecified atom stereocenters. The minimum Gasteiger partial charge on any atom is -0.301 e. The maximum Gasteiger partial charge on any atom is 0.266 e. The zero-order valence-corrected chi connectivity index (χ0v) is 15.3. The third-order valence-electron chi connectivity index (χ3n) is 3.96. The number of benzene rings is 1. The molecule has 1 aliphatic rings. The molecule has 2 aromatic rings. The number of aromatic amines is 1. The highest BCUT2D eigenvalue weighted by Crippen LogP contribution is 2.29. The topological polar surface area (TPSA) is 78.3 Å². The fourth-order valence-corrected chi connectivity index (χ4v) is 3.64. The minimum atomic E-state index is -0.294. The van der Waals surface area contributed by atoms with Gasteiger partial charge in [-0.3, -0.25) is 14.6 Å². The Bertz CT molecular complexity index is 789. The molecule has 2 amide bonds. The van der Waals surface area contributed by atoms with Crippen LogP contribution in [0, 0.1) is 0 Å². The maximum absolute atomic E-state index is 12.7. The van der Waals surface area contributed by atoms with E-state index in [4.69, 9.17) is 0 Å². The lowest BCUT2D eigenvalue weighted by Gasteiger charge is -2.26. The molecule has 2 N–H and O–H groups in total. The summed E-state index contributed by atoms with van der Waals surface area (Å²) < 4.78 is 1.69. The van der Waals surface area contributed by atoms with Gasteiger partial charge >= 0.3 is 0 Å². The van der Waals surface area contributed by atoms with E-state index >= 15 is 0 Å². The van der Waals surface area contributed by atoms with Crippen LogP contribution in [0.5, 0.6) is 0 Å². The summed E-state index contributed by atoms with van der Waals surface area (Å²) in [6.45, 7) is 8.31. The number of hydrogen-bond donors (Lipinski definition) is 2. The van der Waals surface area contributed by atoms with Crippen molar-refractivity contribution >= 4 is 28.3 Å². The van der Waals surface area contributed by atoms with Crippen molar-refractivity contribution in [2.45, 2.75) is 20.8 Å². The van der Waals surface area contributed by atoms with Crippen LogP contribution in [0.3, 0.4) is 0 Å². The summed E-state index contributed by atoms with van der Waals surface area (Å²) >= 11 is 1.26. The van der Waals surface area contributed by atoms with E-state index < -0.39 is 0 Å². The molecule has 0 saturated heterocycles. The van der Waals surface area contributed by atoms with E-state index in [2.05, 4.69) is 10.6 Å². The Kier molecular flexibility index (Phi) is 4.84. The number of carbonyl (C=O) groups excluding carboxylic acids is 2. The van der Waals surface area contributed by atoms with Gasteiger partial charge in [-0.15, -0.1) is 4.18 Å². The lowest BCUT2D eigenvalue weighted by Crippen LogP contribution is -2.39. The first-order chi connectivity index (χ1) is 12.1. The summed E-state index contributed by atoms with van der Waals surface area (Å²) in [6, 6.07) is 6.91. The Labute approximate surface area is 150 Å². The largest absolute Gasteiger partial charge is 0.301 e. The molecule has 0 aliphatic carbocycles. The van der Waals surface area contributed by atoms with Crippen LogP contribution in [0.4, 0.5) is 5.00 Å². The maximum atomic E-state index is 12.7. The molecule has 25 heavy (non-hydrogen) atoms. The molecule has 0 atom stereocenters. The van der Waals surface area contributed by atoms with Gasteiger partial charge in [-0.1, -0.05) is 12.1 Å². The summed E-state index contributed by atoms with van der Waals surface area (Å²) in [4.78, 5) is 28.5. The highest BCUT2D eigenvalue weighted by atomic mass is 32.1. The van der Waals surface area contributed by atoms with Gasteiger partial charge in [0.1, 0.15) is 5.00 Å². The van der Waals surface area contributed by atoms with Crippen molar-refractivity contribution in [2.24, 2.45) is 0 Å². The Balaban J connectivity index is 2.08. The van der Waals surface area contributed by atoms with Crippen molar-refractivity contribution in [2.75, 3.05) is 35.0 Å². The van der Waals surface area contributed by atoms with Crippen LogP contribution in [0.25, 0.3) is 0 Å². The van der Waals surface area contributed by atoms with Gasteiger partial charge in [0, 0.05) is 31.2 Å². The van der Waals surface area contributed by atoms with Gasteiger partial charge in [-0.05, 0) is 32.9 Å². The van der Waals surface area contributed by atoms with Crippen molar-refractivity contribution in [3.05, 3.63) is 41.6 Å². The van der Waals surface area contributed by atoms with E-state index in [0.29, 0.717) is 22.7 Å². The molecular formula is C16H22N6O2S. The fraction of sp³-hybridized carbons (Fsp3) is 0.375. The zero-order chi connectivity index (χ0) is 18.0. The number of H-pyrrole nitrogens is 1. The van der Waals surface area contributed by atoms with Crippen molar-refractivity contribution in [1.82, 2.24) is 14.2 Å². The first kappa shape index (κ1) is 17.2. The van der Waals surface area contributed by atoms with Crippen LogP contribution >= 0.6 is 11.5 Å². The molecular weight excluding hydrogens is 340 g/mol. The molecule has 0 spiro atoms. The summed E-state index contributed by atoms with van der Waals surface area (Å²) in [5.74, 6) is -0.589. The van der Waals surface area contributed by atoms with Gasteiger partial charge in [-0.2, -0.15) is 10.0 Å². The molecule has 0 radical (unpaired) electrons. The average Bonchev–Trinajstić information content (AvgIpc) is 2.87. The number of anilines is 1. The summed E-state index contributed by atoms with van der Waals surface area (Å²) in [6.07, 6.45) is 1.77. The van der Waals surface area contributed by atoms with E-state index in [1.54, 1.807) is 39.4 Å². The van der Waals surface area contributed by atoms with Crippen LogP contribution in [-0.4, -0.2) is 45.6 Å². The van der Waals surface area contributed by atoms with Crippen LogP contribution in [0.1, 0.15) is 41.5 Å². The number of amides is 2. The first-order valence-electron chi connectivity index (χ1n) is 8.32. The molecule has 0 bridgehead atoms. The molecule has 1 aliphatic heterocycles. The molecule has 0 saturated carbocycles. The van der Waals surface area contributed by atoms with Crippen molar-refractivity contribution < 1.29 is 9.59 Å². The second-order valence-corrected chi connectivity index (χ2v) is 6.41. The Morgan fingerprint density at radius 1 is 1.08 bits per heavy atom. The summed E-state index contributed by atoms with van der Waals surface area (Å²) in [7, 11) is 0. The highest BCUT2D eigenvalue weighted by molar-refractivity contribution is 7.11. The number of nitrogens with zero attached hydrogens (tertiary/aromatic N) is 4. The van der Waals surface area contributed by atoms with E-state index in [1.807, 2.05) is 25.8 Å². The smallest absolute Gasteiger partial charge is 0.266 e. The number of imide groups is 1. The summed E-state index contributed by atoms with van der Waals surface area (Å²) in [5, 5.41) is 5.76. The van der Waals surface area contributed by atoms with E-state index in [-0.39, 0.29) is 11.8 Å². The molecule has 8 nitrogen and oxygen atoms in total. The first-order valence-corrected chi connectivity index (χ1v) is 9.09. The second-order valence-electron chi connectivity index (χ2n) is 5.44. The fourth-order valence-electron chi connectivity index (χ4n) is 2.74. The zero-order valence-electron chi connectivity index (χ0n) is 14.5. The molecule has 9 heteroatoms. The number of aromatic nitrogens is 3. The standard InChI is InChI=1S/C16H22N6O2S/c1-4-17-22-18-20(19(5-2)6-3)11-14(25-22)21-15(23)12-9-7-8-10-13(12)16(21)24/h7-11,17-18H,4-6H2,1-3H3. The van der Waals surface area contributed by atoms with Crippen LogP contribution < -0.4 is 15.3 Å². The molecule has 3 rings (SSSR count). The molecule has 2 heterocycles. The van der Waals surface area contributed by atoms with Crippen LogP contribution in [0.2, 0.25) is 0 Å². The average molecular weight is 362 g/mol. The lowest BCUT2D eigenvalue weighted by atomic mass is 10.1. The number of nitrogens with one attached hydrogen (secondary N) is 2. The molecule has 1 aromatic carbocycles. The van der Waals surface area contributed by atoms with Gasteiger partial charge in [-0.25, -0.2) is 4.90 Å². The van der Waals surface area contributed by atoms with Crippen molar-refractivity contribution in [1.29, 1.82) is 0 Å². The van der Waals surface area contributed by atoms with E-state index in [9.17, 15) is 9.59 Å². The van der Waals surface area contributed by atoms with E-state index in [0.717, 1.165) is 13.1 Å². The van der Waals surface area contributed by atoms with Gasteiger partial charge < -0.3 is 5.43 Å². The number of carbonyl (C=O) groups is 2. The normalized spacial score (nSPS) is 13.2. The lowest BCUT2D eigenvalue weighted by molar-refractivity contribution is 0.0926. The minimum absolute atomic E-state index is 0.294. The quantitative estimate of drug-likeness (QED) is 0.772. The van der Waals surface area contributed by atoms with Gasteiger partial charge in [0.15, 0.2) is 0 Å². The third kappa shape index (κ3) is 3.02. The predicted octanol–water partition coefficient (Wildman–Crippen LogP) is 2.15. The molecule has 134 valence electrons. The van der Waals surface area contributed by atoms with Crippen LogP contribution in [0.15, 0.2) is 30.5 Å². The molecule has 1 aromatic heterocycles. The molecule has 0 fully saturated rings. The monoisotopic (exact) mass is 362 g/mol.